The Labute approximate surface area is 248 Å². The summed E-state index contributed by atoms with van der Waals surface area (Å²) >= 11 is 3.99. The van der Waals surface area contributed by atoms with Crippen molar-refractivity contribution in [3.05, 3.63) is 80.5 Å². The number of aromatic nitrogens is 2. The summed E-state index contributed by atoms with van der Waals surface area (Å²) in [5, 5.41) is 6.23. The van der Waals surface area contributed by atoms with Crippen LogP contribution in [-0.2, 0) is 22.4 Å². The summed E-state index contributed by atoms with van der Waals surface area (Å²) in [5.41, 5.74) is 2.57. The van der Waals surface area contributed by atoms with E-state index in [1.54, 1.807) is 19.3 Å². The Hall–Kier alpha value is -3.67. The monoisotopic (exact) mass is 605 g/mol. The average Bonchev–Trinajstić information content (AvgIpc) is 3.71. The molecule has 1 atom stereocenters. The van der Waals surface area contributed by atoms with E-state index in [2.05, 4.69) is 12.2 Å². The molecule has 1 aromatic carbocycles. The molecule has 0 spiro atoms. The van der Waals surface area contributed by atoms with Crippen LogP contribution in [-0.4, -0.2) is 33.8 Å². The van der Waals surface area contributed by atoms with Crippen LogP contribution >= 0.6 is 34.4 Å². The number of rotatable bonds is 8. The van der Waals surface area contributed by atoms with Gasteiger partial charge in [0.2, 0.25) is 5.91 Å². The minimum Gasteiger partial charge on any atom is -0.464 e. The number of carbonyl (C=O) groups is 2. The zero-order valence-corrected chi connectivity index (χ0v) is 24.9. The predicted octanol–water partition coefficient (Wildman–Crippen LogP) is 6.80. The van der Waals surface area contributed by atoms with Crippen LogP contribution in [0.15, 0.2) is 68.5 Å². The molecule has 11 heteroatoms. The third-order valence-corrected chi connectivity index (χ3v) is 9.94. The van der Waals surface area contributed by atoms with Gasteiger partial charge in [-0.05, 0) is 61.9 Å². The zero-order chi connectivity index (χ0) is 28.5. The number of carbonyl (C=O) groups excluding carboxylic acids is 2. The number of benzene rings is 1. The molecule has 4 heterocycles. The third kappa shape index (κ3) is 5.37. The van der Waals surface area contributed by atoms with Crippen LogP contribution in [0.25, 0.3) is 27.2 Å². The number of fused-ring (bicyclic) bond motifs is 2. The van der Waals surface area contributed by atoms with Gasteiger partial charge in [-0.3, -0.25) is 14.2 Å². The Balaban J connectivity index is 1.31. The highest BCUT2D eigenvalue weighted by molar-refractivity contribution is 7.99. The maximum absolute atomic E-state index is 13.9. The predicted molar refractivity (Wildman–Crippen MR) is 164 cm³/mol. The Morgan fingerprint density at radius 3 is 2.80 bits per heavy atom. The molecule has 1 N–H and O–H groups in total. The second-order valence-corrected chi connectivity index (χ2v) is 12.7. The zero-order valence-electron chi connectivity index (χ0n) is 22.5. The minimum absolute atomic E-state index is 0.00241. The van der Waals surface area contributed by atoms with Crippen LogP contribution in [0.3, 0.4) is 0 Å². The van der Waals surface area contributed by atoms with E-state index in [9.17, 15) is 14.4 Å². The molecule has 0 saturated heterocycles. The van der Waals surface area contributed by atoms with E-state index in [0.717, 1.165) is 29.7 Å². The van der Waals surface area contributed by atoms with Crippen molar-refractivity contribution in [1.29, 1.82) is 0 Å². The summed E-state index contributed by atoms with van der Waals surface area (Å²) < 4.78 is 12.4. The van der Waals surface area contributed by atoms with Crippen molar-refractivity contribution in [2.45, 2.75) is 38.3 Å². The van der Waals surface area contributed by atoms with Gasteiger partial charge in [-0.1, -0.05) is 36.9 Å². The van der Waals surface area contributed by atoms with E-state index in [-0.39, 0.29) is 23.8 Å². The average molecular weight is 606 g/mol. The minimum atomic E-state index is -0.405. The number of nitrogens with one attached hydrogen (secondary N) is 1. The van der Waals surface area contributed by atoms with E-state index >= 15 is 0 Å². The molecule has 0 unspecified atom stereocenters. The lowest BCUT2D eigenvalue weighted by molar-refractivity contribution is -0.113. The summed E-state index contributed by atoms with van der Waals surface area (Å²) in [6.45, 7) is 4.23. The van der Waals surface area contributed by atoms with E-state index in [0.29, 0.717) is 48.9 Å². The number of hydrogen-bond acceptors (Lipinski definition) is 9. The van der Waals surface area contributed by atoms with Gasteiger partial charge < -0.3 is 14.5 Å². The van der Waals surface area contributed by atoms with E-state index in [1.807, 2.05) is 41.8 Å². The molecule has 0 saturated carbocycles. The van der Waals surface area contributed by atoms with Crippen molar-refractivity contribution >= 4 is 61.5 Å². The topological polar surface area (TPSA) is 103 Å². The SMILES string of the molecule is CCOC(=O)c1c(NC(=O)CSc2nc3scc(-c4ccco4)c3c(=O)n2-c2ccccc2)sc2c1CC[C@H](C)C2. The number of thiophene rings is 2. The number of thioether (sulfide) groups is 1. The Morgan fingerprint density at radius 2 is 2.05 bits per heavy atom. The number of hydrogen-bond donors (Lipinski definition) is 1. The largest absolute Gasteiger partial charge is 0.464 e. The lowest BCUT2D eigenvalue weighted by atomic mass is 9.88. The lowest BCUT2D eigenvalue weighted by Crippen LogP contribution is -2.23. The van der Waals surface area contributed by atoms with Crippen LogP contribution in [0.5, 0.6) is 0 Å². The number of furan rings is 1. The molecule has 6 rings (SSSR count). The second kappa shape index (κ2) is 11.7. The molecule has 0 radical (unpaired) electrons. The van der Waals surface area contributed by atoms with Crippen molar-refractivity contribution in [2.75, 3.05) is 17.7 Å². The fourth-order valence-electron chi connectivity index (χ4n) is 5.04. The van der Waals surface area contributed by atoms with Crippen molar-refractivity contribution in [1.82, 2.24) is 9.55 Å². The van der Waals surface area contributed by atoms with E-state index < -0.39 is 5.97 Å². The van der Waals surface area contributed by atoms with E-state index in [1.165, 1.54) is 39.0 Å². The molecule has 0 fully saturated rings. The van der Waals surface area contributed by atoms with Gasteiger partial charge in [-0.15, -0.1) is 22.7 Å². The smallest absolute Gasteiger partial charge is 0.341 e. The highest BCUT2D eigenvalue weighted by atomic mass is 32.2. The molecule has 1 amide bonds. The van der Waals surface area contributed by atoms with E-state index in [4.69, 9.17) is 14.1 Å². The van der Waals surface area contributed by atoms with Gasteiger partial charge in [0.25, 0.3) is 5.56 Å². The number of nitrogens with zero attached hydrogens (tertiary/aromatic N) is 2. The molecular weight excluding hydrogens is 579 g/mol. The van der Waals surface area contributed by atoms with Crippen LogP contribution in [0.2, 0.25) is 0 Å². The first-order chi connectivity index (χ1) is 19.9. The first kappa shape index (κ1) is 27.5. The van der Waals surface area contributed by atoms with Crippen molar-refractivity contribution in [3.8, 4) is 17.0 Å². The standard InChI is InChI=1S/C30H27N3O5S3/c1-3-37-29(36)25-19-12-11-17(2)14-22(19)41-27(25)31-23(34)16-40-30-32-26-24(20(15-39-26)21-10-7-13-38-21)28(35)33(30)18-8-5-4-6-9-18/h4-10,13,15,17H,3,11-12,14,16H2,1-2H3,(H,31,34)/t17-/m0/s1. The van der Waals surface area contributed by atoms with Gasteiger partial charge >= 0.3 is 5.97 Å². The van der Waals surface area contributed by atoms with Gasteiger partial charge in [-0.2, -0.15) is 0 Å². The molecule has 210 valence electrons. The number of ether oxygens (including phenoxy) is 1. The van der Waals surface area contributed by atoms with Crippen LogP contribution < -0.4 is 10.9 Å². The molecule has 1 aliphatic rings. The first-order valence-corrected chi connectivity index (χ1v) is 16.0. The number of anilines is 1. The molecule has 1 aliphatic carbocycles. The maximum atomic E-state index is 13.9. The Bertz CT molecular complexity index is 1790. The molecule has 0 aliphatic heterocycles. The number of para-hydroxylation sites is 1. The van der Waals surface area contributed by atoms with Gasteiger partial charge in [0.1, 0.15) is 15.6 Å². The second-order valence-electron chi connectivity index (χ2n) is 9.79. The molecule has 41 heavy (non-hydrogen) atoms. The third-order valence-electron chi connectivity index (χ3n) is 6.95. The summed E-state index contributed by atoms with van der Waals surface area (Å²) in [6, 6.07) is 12.8. The molecule has 0 bridgehead atoms. The van der Waals surface area contributed by atoms with Gasteiger partial charge in [0.05, 0.1) is 35.3 Å². The van der Waals surface area contributed by atoms with Gasteiger partial charge in [0.15, 0.2) is 5.16 Å². The highest BCUT2D eigenvalue weighted by Gasteiger charge is 2.29. The van der Waals surface area contributed by atoms with Crippen LogP contribution in [0.4, 0.5) is 5.00 Å². The summed E-state index contributed by atoms with van der Waals surface area (Å²) in [4.78, 5) is 46.5. The normalized spacial score (nSPS) is 14.6. The first-order valence-electron chi connectivity index (χ1n) is 13.3. The number of amides is 1. The fraction of sp³-hybridized carbons (Fsp3) is 0.267. The summed E-state index contributed by atoms with van der Waals surface area (Å²) in [7, 11) is 0. The Kier molecular flexibility index (Phi) is 7.83. The molecule has 4 aromatic heterocycles. The molecule has 5 aromatic rings. The molecular formula is C30H27N3O5S3. The van der Waals surface area contributed by atoms with Crippen LogP contribution in [0.1, 0.15) is 41.1 Å². The maximum Gasteiger partial charge on any atom is 0.341 e. The Morgan fingerprint density at radius 1 is 1.22 bits per heavy atom. The quantitative estimate of drug-likeness (QED) is 0.118. The highest BCUT2D eigenvalue weighted by Crippen LogP contribution is 2.40. The number of esters is 1. The van der Waals surface area contributed by atoms with Crippen molar-refractivity contribution in [3.63, 3.8) is 0 Å². The summed E-state index contributed by atoms with van der Waals surface area (Å²) in [6.07, 6.45) is 4.24. The summed E-state index contributed by atoms with van der Waals surface area (Å²) in [5.74, 6) is 0.431. The van der Waals surface area contributed by atoms with Gasteiger partial charge in [0, 0.05) is 15.8 Å². The van der Waals surface area contributed by atoms with Gasteiger partial charge in [-0.25, -0.2) is 9.78 Å². The van der Waals surface area contributed by atoms with Crippen molar-refractivity contribution in [2.24, 2.45) is 5.92 Å². The van der Waals surface area contributed by atoms with Crippen molar-refractivity contribution < 1.29 is 18.7 Å². The molecule has 8 nitrogen and oxygen atoms in total. The fourth-order valence-corrected chi connectivity index (χ4v) is 8.23. The lowest BCUT2D eigenvalue weighted by Gasteiger charge is -2.18. The van der Waals surface area contributed by atoms with Crippen LogP contribution in [0, 0.1) is 5.92 Å².